The van der Waals surface area contributed by atoms with E-state index in [1.54, 1.807) is 6.07 Å². The molecule has 132 valence electrons. The van der Waals surface area contributed by atoms with Gasteiger partial charge in [0.25, 0.3) is 5.91 Å². The molecule has 2 fully saturated rings. The number of para-hydroxylation sites is 1. The van der Waals surface area contributed by atoms with Gasteiger partial charge in [-0.25, -0.2) is 0 Å². The highest BCUT2D eigenvalue weighted by molar-refractivity contribution is 5.96. The quantitative estimate of drug-likeness (QED) is 0.808. The Morgan fingerprint density at radius 1 is 1.24 bits per heavy atom. The molecule has 1 aromatic carbocycles. The molecule has 1 amide bonds. The number of carbonyl (C=O) groups excluding carboxylic acids is 1. The maximum absolute atomic E-state index is 12.3. The monoisotopic (exact) mass is 342 g/mol. The van der Waals surface area contributed by atoms with E-state index in [2.05, 4.69) is 10.2 Å². The van der Waals surface area contributed by atoms with Gasteiger partial charge in [0.15, 0.2) is 5.76 Å². The van der Waals surface area contributed by atoms with Gasteiger partial charge in [-0.05, 0) is 43.7 Å². The second kappa shape index (κ2) is 6.52. The van der Waals surface area contributed by atoms with Gasteiger partial charge in [0.2, 0.25) is 0 Å². The predicted octanol–water partition coefficient (Wildman–Crippen LogP) is 2.49. The SMILES string of the molecule is O=C(O)CN(CC1CC1)C1CC(NC(=O)c2cc3ccccc3o2)C1. The van der Waals surface area contributed by atoms with Crippen LogP contribution in [0.4, 0.5) is 0 Å². The van der Waals surface area contributed by atoms with Gasteiger partial charge in [-0.1, -0.05) is 18.2 Å². The summed E-state index contributed by atoms with van der Waals surface area (Å²) >= 11 is 0. The summed E-state index contributed by atoms with van der Waals surface area (Å²) in [5.74, 6) is -0.00407. The lowest BCUT2D eigenvalue weighted by atomic mass is 9.85. The van der Waals surface area contributed by atoms with Crippen LogP contribution in [0.25, 0.3) is 11.0 Å². The lowest BCUT2D eigenvalue weighted by molar-refractivity contribution is -0.139. The Bertz CT molecular complexity index is 757. The van der Waals surface area contributed by atoms with E-state index in [0.717, 1.165) is 24.8 Å². The van der Waals surface area contributed by atoms with Crippen LogP contribution < -0.4 is 5.32 Å². The van der Waals surface area contributed by atoms with Crippen LogP contribution in [-0.2, 0) is 4.79 Å². The Hall–Kier alpha value is -2.34. The molecule has 0 unspecified atom stereocenters. The predicted molar refractivity (Wildman–Crippen MR) is 92.4 cm³/mol. The number of carboxylic acids is 1. The zero-order valence-electron chi connectivity index (χ0n) is 14.0. The van der Waals surface area contributed by atoms with Crippen molar-refractivity contribution in [2.75, 3.05) is 13.1 Å². The van der Waals surface area contributed by atoms with Crippen molar-refractivity contribution in [1.29, 1.82) is 0 Å². The molecule has 0 saturated heterocycles. The molecule has 2 N–H and O–H groups in total. The van der Waals surface area contributed by atoms with E-state index in [9.17, 15) is 9.59 Å². The van der Waals surface area contributed by atoms with Gasteiger partial charge >= 0.3 is 5.97 Å². The Labute approximate surface area is 145 Å². The summed E-state index contributed by atoms with van der Waals surface area (Å²) in [5.41, 5.74) is 0.705. The summed E-state index contributed by atoms with van der Waals surface area (Å²) in [6.07, 6.45) is 4.00. The van der Waals surface area contributed by atoms with Crippen molar-refractivity contribution in [3.05, 3.63) is 36.1 Å². The molecule has 0 atom stereocenters. The van der Waals surface area contributed by atoms with Crippen LogP contribution >= 0.6 is 0 Å². The zero-order chi connectivity index (χ0) is 17.4. The molecule has 2 aromatic rings. The lowest BCUT2D eigenvalue weighted by Crippen LogP contribution is -2.55. The smallest absolute Gasteiger partial charge is 0.317 e. The van der Waals surface area contributed by atoms with Gasteiger partial charge in [-0.3, -0.25) is 14.5 Å². The van der Waals surface area contributed by atoms with Crippen LogP contribution in [0, 0.1) is 5.92 Å². The molecule has 1 heterocycles. The minimum atomic E-state index is -0.782. The maximum Gasteiger partial charge on any atom is 0.317 e. The fraction of sp³-hybridized carbons (Fsp3) is 0.474. The van der Waals surface area contributed by atoms with E-state index in [4.69, 9.17) is 9.52 Å². The largest absolute Gasteiger partial charge is 0.480 e. The Morgan fingerprint density at radius 3 is 2.68 bits per heavy atom. The van der Waals surface area contributed by atoms with Crippen molar-refractivity contribution in [1.82, 2.24) is 10.2 Å². The van der Waals surface area contributed by atoms with Crippen LogP contribution in [0.1, 0.15) is 36.2 Å². The summed E-state index contributed by atoms with van der Waals surface area (Å²) in [7, 11) is 0. The number of aliphatic carboxylic acids is 1. The molecule has 2 saturated carbocycles. The van der Waals surface area contributed by atoms with Crippen LogP contribution in [0.5, 0.6) is 0 Å². The van der Waals surface area contributed by atoms with Crippen LogP contribution in [0.3, 0.4) is 0 Å². The fourth-order valence-corrected chi connectivity index (χ4v) is 3.50. The Balaban J connectivity index is 1.32. The summed E-state index contributed by atoms with van der Waals surface area (Å²) in [6.45, 7) is 0.951. The van der Waals surface area contributed by atoms with Gasteiger partial charge in [-0.2, -0.15) is 0 Å². The second-order valence-corrected chi connectivity index (χ2v) is 7.21. The highest BCUT2D eigenvalue weighted by Gasteiger charge is 2.38. The number of nitrogens with one attached hydrogen (secondary N) is 1. The molecule has 1 aromatic heterocycles. The number of carbonyl (C=O) groups is 2. The third-order valence-electron chi connectivity index (χ3n) is 5.14. The number of hydrogen-bond acceptors (Lipinski definition) is 4. The van der Waals surface area contributed by atoms with E-state index in [1.807, 2.05) is 24.3 Å². The molecule has 4 rings (SSSR count). The molecule has 0 spiro atoms. The number of fused-ring (bicyclic) bond motifs is 1. The average molecular weight is 342 g/mol. The third-order valence-corrected chi connectivity index (χ3v) is 5.14. The first-order chi connectivity index (χ1) is 12.1. The van der Waals surface area contributed by atoms with Crippen molar-refractivity contribution < 1.29 is 19.1 Å². The summed E-state index contributed by atoms with van der Waals surface area (Å²) in [6, 6.07) is 9.63. The number of carboxylic acid groups (broad SMARTS) is 1. The van der Waals surface area contributed by atoms with E-state index in [0.29, 0.717) is 17.3 Å². The first kappa shape index (κ1) is 16.1. The highest BCUT2D eigenvalue weighted by Crippen LogP contribution is 2.34. The maximum atomic E-state index is 12.3. The molecule has 6 heteroatoms. The highest BCUT2D eigenvalue weighted by atomic mass is 16.4. The number of benzene rings is 1. The van der Waals surface area contributed by atoms with E-state index in [-0.39, 0.29) is 24.5 Å². The molecule has 0 bridgehead atoms. The third kappa shape index (κ3) is 3.69. The van der Waals surface area contributed by atoms with Crippen molar-refractivity contribution in [3.63, 3.8) is 0 Å². The molecular formula is C19H22N2O4. The molecular weight excluding hydrogens is 320 g/mol. The zero-order valence-corrected chi connectivity index (χ0v) is 14.0. The number of furan rings is 1. The molecule has 2 aliphatic carbocycles. The number of rotatable bonds is 7. The van der Waals surface area contributed by atoms with Gasteiger partial charge in [0.05, 0.1) is 6.54 Å². The van der Waals surface area contributed by atoms with Gasteiger partial charge in [-0.15, -0.1) is 0 Å². The lowest BCUT2D eigenvalue weighted by Gasteiger charge is -2.42. The number of nitrogens with zero attached hydrogens (tertiary/aromatic N) is 1. The van der Waals surface area contributed by atoms with Gasteiger partial charge < -0.3 is 14.8 Å². The van der Waals surface area contributed by atoms with Gasteiger partial charge in [0.1, 0.15) is 5.58 Å². The van der Waals surface area contributed by atoms with Crippen molar-refractivity contribution >= 4 is 22.8 Å². The Kier molecular flexibility index (Phi) is 4.21. The number of hydrogen-bond donors (Lipinski definition) is 2. The minimum Gasteiger partial charge on any atom is -0.480 e. The van der Waals surface area contributed by atoms with E-state index >= 15 is 0 Å². The standard InChI is InChI=1S/C19H22N2O4/c22-18(23)11-21(10-12-5-6-12)15-8-14(9-15)20-19(24)17-7-13-3-1-2-4-16(13)25-17/h1-4,7,12,14-15H,5-6,8-11H2,(H,20,24)(H,22,23). The second-order valence-electron chi connectivity index (χ2n) is 7.21. The van der Waals surface area contributed by atoms with Crippen molar-refractivity contribution in [2.24, 2.45) is 5.92 Å². The summed E-state index contributed by atoms with van der Waals surface area (Å²) in [4.78, 5) is 25.5. The Morgan fingerprint density at radius 2 is 2.00 bits per heavy atom. The minimum absolute atomic E-state index is 0.0845. The van der Waals surface area contributed by atoms with Crippen LogP contribution in [0.2, 0.25) is 0 Å². The molecule has 2 aliphatic rings. The first-order valence-corrected chi connectivity index (χ1v) is 8.84. The summed E-state index contributed by atoms with van der Waals surface area (Å²) in [5, 5.41) is 13.0. The van der Waals surface area contributed by atoms with Crippen LogP contribution in [0.15, 0.2) is 34.7 Å². The van der Waals surface area contributed by atoms with Crippen molar-refractivity contribution in [3.8, 4) is 0 Å². The first-order valence-electron chi connectivity index (χ1n) is 8.84. The van der Waals surface area contributed by atoms with E-state index < -0.39 is 5.97 Å². The van der Waals surface area contributed by atoms with E-state index in [1.165, 1.54) is 12.8 Å². The molecule has 0 aliphatic heterocycles. The molecule has 0 radical (unpaired) electrons. The topological polar surface area (TPSA) is 82.8 Å². The number of amides is 1. The average Bonchev–Trinajstić information content (AvgIpc) is 3.23. The molecule has 25 heavy (non-hydrogen) atoms. The van der Waals surface area contributed by atoms with Gasteiger partial charge in [0, 0.05) is 24.0 Å². The summed E-state index contributed by atoms with van der Waals surface area (Å²) < 4.78 is 5.59. The normalized spacial score (nSPS) is 22.8. The molecule has 6 nitrogen and oxygen atoms in total. The fourth-order valence-electron chi connectivity index (χ4n) is 3.50. The van der Waals surface area contributed by atoms with Crippen LogP contribution in [-0.4, -0.2) is 47.1 Å². The van der Waals surface area contributed by atoms with Crippen molar-refractivity contribution in [2.45, 2.75) is 37.8 Å².